The normalized spacial score (nSPS) is 19.7. The number of nitrogens with zero attached hydrogens (tertiary/aromatic N) is 1. The van der Waals surface area contributed by atoms with Crippen molar-refractivity contribution in [3.63, 3.8) is 0 Å². The highest BCUT2D eigenvalue weighted by atomic mass is 32.2. The third kappa shape index (κ3) is 2.91. The zero-order valence-corrected chi connectivity index (χ0v) is 7.02. The Morgan fingerprint density at radius 3 is 3.00 bits per heavy atom. The summed E-state index contributed by atoms with van der Waals surface area (Å²) in [6.07, 6.45) is -0.111. The molecule has 1 saturated heterocycles. The van der Waals surface area contributed by atoms with Crippen molar-refractivity contribution in [2.24, 2.45) is 4.99 Å². The van der Waals surface area contributed by atoms with Gasteiger partial charge in [0.1, 0.15) is 0 Å². The molecule has 0 radical (unpaired) electrons. The van der Waals surface area contributed by atoms with E-state index in [4.69, 9.17) is 0 Å². The van der Waals surface area contributed by atoms with Crippen molar-refractivity contribution >= 4 is 28.8 Å². The van der Waals surface area contributed by atoms with Crippen molar-refractivity contribution in [1.82, 2.24) is 5.32 Å². The summed E-state index contributed by atoms with van der Waals surface area (Å²) in [5.41, 5.74) is 0. The molecule has 1 aliphatic heterocycles. The quantitative estimate of drug-likeness (QED) is 0.573. The molecule has 66 valence electrons. The Morgan fingerprint density at radius 2 is 2.50 bits per heavy atom. The molecule has 5 nitrogen and oxygen atoms in total. The average Bonchev–Trinajstić information content (AvgIpc) is 2.35. The third-order valence-corrected chi connectivity index (χ3v) is 2.07. The molecule has 0 spiro atoms. The Bertz CT molecular complexity index is 239. The summed E-state index contributed by atoms with van der Waals surface area (Å²) in [4.78, 5) is 24.4. The Balaban J connectivity index is 2.28. The van der Waals surface area contributed by atoms with Crippen LogP contribution in [0.25, 0.3) is 0 Å². The van der Waals surface area contributed by atoms with E-state index in [0.29, 0.717) is 10.9 Å². The lowest BCUT2D eigenvalue weighted by Crippen LogP contribution is -2.24. The predicted molar refractivity (Wildman–Crippen MR) is 42.5 cm³/mol. The molecule has 0 aromatic heterocycles. The number of aliphatic imine (C=N–C) groups is 1. The van der Waals surface area contributed by atoms with Gasteiger partial charge in [-0.3, -0.25) is 9.79 Å². The first-order chi connectivity index (χ1) is 5.68. The van der Waals surface area contributed by atoms with Crippen LogP contribution in [0.5, 0.6) is 0 Å². The minimum Gasteiger partial charge on any atom is -0.550 e. The SMILES string of the molecule is O=C([O-])CCN=C1NC(=O)CS1. The maximum Gasteiger partial charge on any atom is 0.236 e. The summed E-state index contributed by atoms with van der Waals surface area (Å²) >= 11 is 1.28. The summed E-state index contributed by atoms with van der Waals surface area (Å²) < 4.78 is 0. The zero-order chi connectivity index (χ0) is 8.97. The van der Waals surface area contributed by atoms with Crippen LogP contribution in [-0.2, 0) is 9.59 Å². The molecule has 1 fully saturated rings. The molecule has 1 heterocycles. The van der Waals surface area contributed by atoms with Crippen LogP contribution < -0.4 is 10.4 Å². The average molecular weight is 187 g/mol. The van der Waals surface area contributed by atoms with E-state index in [1.165, 1.54) is 11.8 Å². The van der Waals surface area contributed by atoms with Gasteiger partial charge in [0.15, 0.2) is 5.17 Å². The van der Waals surface area contributed by atoms with Gasteiger partial charge < -0.3 is 15.2 Å². The van der Waals surface area contributed by atoms with Gasteiger partial charge in [0, 0.05) is 18.9 Å². The van der Waals surface area contributed by atoms with Crippen molar-refractivity contribution in [2.45, 2.75) is 6.42 Å². The highest BCUT2D eigenvalue weighted by Crippen LogP contribution is 2.08. The highest BCUT2D eigenvalue weighted by Gasteiger charge is 2.15. The maximum absolute atomic E-state index is 10.6. The first-order valence-corrected chi connectivity index (χ1v) is 4.34. The van der Waals surface area contributed by atoms with Gasteiger partial charge in [0.05, 0.1) is 5.75 Å². The number of hydrogen-bond acceptors (Lipinski definition) is 5. The Kier molecular flexibility index (Phi) is 3.09. The fourth-order valence-corrected chi connectivity index (χ4v) is 1.37. The first kappa shape index (κ1) is 9.05. The second-order valence-corrected chi connectivity index (χ2v) is 3.11. The summed E-state index contributed by atoms with van der Waals surface area (Å²) in [5, 5.41) is 13.0. The van der Waals surface area contributed by atoms with E-state index in [9.17, 15) is 14.7 Å². The van der Waals surface area contributed by atoms with Crippen LogP contribution in [0.1, 0.15) is 6.42 Å². The summed E-state index contributed by atoms with van der Waals surface area (Å²) in [7, 11) is 0. The van der Waals surface area contributed by atoms with Gasteiger partial charge in [0.2, 0.25) is 5.91 Å². The Labute approximate surface area is 73.2 Å². The summed E-state index contributed by atoms with van der Waals surface area (Å²) in [6, 6.07) is 0. The van der Waals surface area contributed by atoms with Crippen LogP contribution in [0, 0.1) is 0 Å². The van der Waals surface area contributed by atoms with E-state index in [0.717, 1.165) is 0 Å². The van der Waals surface area contributed by atoms with Gasteiger partial charge in [-0.1, -0.05) is 11.8 Å². The Morgan fingerprint density at radius 1 is 1.75 bits per heavy atom. The molecule has 1 aliphatic rings. The van der Waals surface area contributed by atoms with Gasteiger partial charge in [-0.2, -0.15) is 0 Å². The van der Waals surface area contributed by atoms with Crippen LogP contribution in [0.15, 0.2) is 4.99 Å². The molecular formula is C6H7N2O3S-. The first-order valence-electron chi connectivity index (χ1n) is 3.35. The highest BCUT2D eigenvalue weighted by molar-refractivity contribution is 8.15. The molecule has 0 saturated carbocycles. The molecule has 0 aromatic carbocycles. The molecule has 0 atom stereocenters. The smallest absolute Gasteiger partial charge is 0.236 e. The molecular weight excluding hydrogens is 180 g/mol. The fourth-order valence-electron chi connectivity index (χ4n) is 0.659. The van der Waals surface area contributed by atoms with Crippen LogP contribution >= 0.6 is 11.8 Å². The fraction of sp³-hybridized carbons (Fsp3) is 0.500. The summed E-state index contributed by atoms with van der Waals surface area (Å²) in [6.45, 7) is 0.158. The molecule has 1 amide bonds. The van der Waals surface area contributed by atoms with Crippen molar-refractivity contribution < 1.29 is 14.7 Å². The van der Waals surface area contributed by atoms with Crippen LogP contribution in [0.2, 0.25) is 0 Å². The topological polar surface area (TPSA) is 81.6 Å². The largest absolute Gasteiger partial charge is 0.550 e. The number of carboxylic acids is 1. The van der Waals surface area contributed by atoms with E-state index in [1.807, 2.05) is 0 Å². The molecule has 0 aliphatic carbocycles. The lowest BCUT2D eigenvalue weighted by atomic mass is 10.4. The number of carbonyl (C=O) groups excluding carboxylic acids is 2. The van der Waals surface area contributed by atoms with E-state index in [2.05, 4.69) is 10.3 Å². The zero-order valence-electron chi connectivity index (χ0n) is 6.20. The second-order valence-electron chi connectivity index (χ2n) is 2.15. The molecule has 1 rings (SSSR count). The molecule has 0 aromatic rings. The van der Waals surface area contributed by atoms with E-state index >= 15 is 0 Å². The molecule has 0 bridgehead atoms. The van der Waals surface area contributed by atoms with Crippen LogP contribution in [0.4, 0.5) is 0 Å². The number of nitrogens with one attached hydrogen (secondary N) is 1. The molecule has 12 heavy (non-hydrogen) atoms. The summed E-state index contributed by atoms with van der Waals surface area (Å²) in [5.74, 6) is -0.856. The van der Waals surface area contributed by atoms with Gasteiger partial charge in [-0.05, 0) is 0 Å². The lowest BCUT2D eigenvalue weighted by molar-refractivity contribution is -0.305. The van der Waals surface area contributed by atoms with Gasteiger partial charge >= 0.3 is 0 Å². The van der Waals surface area contributed by atoms with Crippen LogP contribution in [0.3, 0.4) is 0 Å². The van der Waals surface area contributed by atoms with Crippen molar-refractivity contribution in [3.05, 3.63) is 0 Å². The van der Waals surface area contributed by atoms with Crippen molar-refractivity contribution in [2.75, 3.05) is 12.3 Å². The lowest BCUT2D eigenvalue weighted by Gasteiger charge is -1.97. The van der Waals surface area contributed by atoms with E-state index in [-0.39, 0.29) is 18.9 Å². The minimum atomic E-state index is -1.13. The van der Waals surface area contributed by atoms with E-state index < -0.39 is 5.97 Å². The Hall–Kier alpha value is -1.04. The molecule has 6 heteroatoms. The standard InChI is InChI=1S/C6H8N2O3S/c9-4-3-12-6(8-4)7-2-1-5(10)11/h1-3H2,(H,10,11)(H,7,8,9)/p-1. The molecule has 0 unspecified atom stereocenters. The van der Waals surface area contributed by atoms with Crippen LogP contribution in [-0.4, -0.2) is 29.3 Å². The molecule has 1 N–H and O–H groups in total. The predicted octanol–water partition coefficient (Wildman–Crippen LogP) is -1.65. The van der Waals surface area contributed by atoms with Gasteiger partial charge in [0.25, 0.3) is 0 Å². The van der Waals surface area contributed by atoms with Crippen molar-refractivity contribution in [1.29, 1.82) is 0 Å². The number of thioether (sulfide) groups is 1. The minimum absolute atomic E-state index is 0.0906. The number of hydrogen-bond donors (Lipinski definition) is 1. The maximum atomic E-state index is 10.6. The monoisotopic (exact) mass is 187 g/mol. The number of amidine groups is 1. The number of aliphatic carboxylic acids is 1. The number of rotatable bonds is 3. The third-order valence-electron chi connectivity index (χ3n) is 1.16. The van der Waals surface area contributed by atoms with Crippen molar-refractivity contribution in [3.8, 4) is 0 Å². The second kappa shape index (κ2) is 4.10. The number of carboxylic acid groups (broad SMARTS) is 1. The number of amides is 1. The van der Waals surface area contributed by atoms with Gasteiger partial charge in [-0.15, -0.1) is 0 Å². The van der Waals surface area contributed by atoms with Gasteiger partial charge in [-0.25, -0.2) is 0 Å². The number of carbonyl (C=O) groups is 2. The van der Waals surface area contributed by atoms with E-state index in [1.54, 1.807) is 0 Å².